The summed E-state index contributed by atoms with van der Waals surface area (Å²) in [6.07, 6.45) is 3.36. The minimum atomic E-state index is -0.444. The van der Waals surface area contributed by atoms with Crippen molar-refractivity contribution in [2.45, 2.75) is 45.2 Å². The number of nitrogens with zero attached hydrogens (tertiary/aromatic N) is 1. The molecular weight excluding hydrogens is 411 g/mol. The van der Waals surface area contributed by atoms with Crippen molar-refractivity contribution in [1.82, 2.24) is 10.2 Å². The molecule has 0 bridgehead atoms. The van der Waals surface area contributed by atoms with Gasteiger partial charge in [-0.2, -0.15) is 0 Å². The van der Waals surface area contributed by atoms with Crippen LogP contribution in [-0.4, -0.2) is 77.9 Å². The summed E-state index contributed by atoms with van der Waals surface area (Å²) in [4.78, 5) is 2.66. The Labute approximate surface area is 192 Å². The van der Waals surface area contributed by atoms with E-state index in [0.717, 1.165) is 44.0 Å². The van der Waals surface area contributed by atoms with E-state index < -0.39 is 6.67 Å². The van der Waals surface area contributed by atoms with Gasteiger partial charge in [0.15, 0.2) is 11.5 Å². The van der Waals surface area contributed by atoms with Crippen LogP contribution in [0.1, 0.15) is 43.9 Å². The monoisotopic (exact) mass is 452 g/mol. The Kier molecular flexibility index (Phi) is 10.0. The van der Waals surface area contributed by atoms with Crippen molar-refractivity contribution in [2.24, 2.45) is 11.8 Å². The molecule has 32 heavy (non-hydrogen) atoms. The van der Waals surface area contributed by atoms with E-state index >= 15 is 0 Å². The predicted octanol–water partition coefficient (Wildman–Crippen LogP) is 3.63. The minimum Gasteiger partial charge on any atom is -0.493 e. The second-order valence-electron chi connectivity index (χ2n) is 9.27. The molecule has 1 fully saturated rings. The Balaban J connectivity index is 1.63. The van der Waals surface area contributed by atoms with Crippen LogP contribution in [0.2, 0.25) is 0 Å². The van der Waals surface area contributed by atoms with E-state index in [4.69, 9.17) is 18.9 Å². The highest BCUT2D eigenvalue weighted by Crippen LogP contribution is 2.43. The van der Waals surface area contributed by atoms with Crippen LogP contribution in [-0.2, 0) is 15.9 Å². The van der Waals surface area contributed by atoms with E-state index in [1.165, 1.54) is 17.5 Å². The number of halogens is 1. The third kappa shape index (κ3) is 6.56. The van der Waals surface area contributed by atoms with E-state index in [0.29, 0.717) is 43.7 Å². The van der Waals surface area contributed by atoms with Crippen LogP contribution in [0, 0.1) is 11.8 Å². The normalized spacial score (nSPS) is 23.1. The zero-order valence-electron chi connectivity index (χ0n) is 20.2. The highest BCUT2D eigenvalue weighted by molar-refractivity contribution is 5.49. The van der Waals surface area contributed by atoms with Crippen molar-refractivity contribution in [3.63, 3.8) is 0 Å². The molecule has 3 unspecified atom stereocenters. The number of hydrogen-bond acceptors (Lipinski definition) is 6. The van der Waals surface area contributed by atoms with Gasteiger partial charge in [-0.1, -0.05) is 13.8 Å². The number of fused-ring (bicyclic) bond motifs is 3. The maximum atomic E-state index is 12.1. The largest absolute Gasteiger partial charge is 0.493 e. The Hall–Kier alpha value is -1.41. The number of ether oxygens (including phenoxy) is 4. The zero-order chi connectivity index (χ0) is 22.9. The van der Waals surface area contributed by atoms with Gasteiger partial charge >= 0.3 is 0 Å². The van der Waals surface area contributed by atoms with Crippen LogP contribution < -0.4 is 14.8 Å². The topological polar surface area (TPSA) is 52.2 Å². The molecule has 0 amide bonds. The van der Waals surface area contributed by atoms with Gasteiger partial charge in [-0.05, 0) is 54.4 Å². The maximum absolute atomic E-state index is 12.1. The molecule has 0 spiro atoms. The molecule has 1 aromatic rings. The van der Waals surface area contributed by atoms with E-state index in [-0.39, 0.29) is 6.61 Å². The first-order chi connectivity index (χ1) is 15.6. The fourth-order valence-corrected chi connectivity index (χ4v) is 5.22. The summed E-state index contributed by atoms with van der Waals surface area (Å²) in [6.45, 7) is 8.95. The van der Waals surface area contributed by atoms with Crippen molar-refractivity contribution in [2.75, 3.05) is 67.0 Å². The molecule has 2 heterocycles. The van der Waals surface area contributed by atoms with Gasteiger partial charge in [0.1, 0.15) is 6.67 Å². The van der Waals surface area contributed by atoms with Crippen LogP contribution in [0.15, 0.2) is 12.1 Å². The standard InChI is InChI=1S/C25H41FN2O4/c1-18(2)13-20-17-28-8-5-19-14-24(29-3)25(30-4)15-21(19)23(28)16-22(20)27-7-10-32-12-11-31-9-6-26/h14-15,18,20,22-23,27H,5-13,16-17H2,1-4H3. The Morgan fingerprint density at radius 3 is 2.47 bits per heavy atom. The lowest BCUT2D eigenvalue weighted by Crippen LogP contribution is -2.53. The number of nitrogens with one attached hydrogen (secondary N) is 1. The highest BCUT2D eigenvalue weighted by atomic mass is 19.1. The van der Waals surface area contributed by atoms with Crippen molar-refractivity contribution in [3.05, 3.63) is 23.3 Å². The van der Waals surface area contributed by atoms with Gasteiger partial charge in [-0.15, -0.1) is 0 Å². The van der Waals surface area contributed by atoms with Crippen molar-refractivity contribution >= 4 is 0 Å². The first-order valence-electron chi connectivity index (χ1n) is 12.0. The minimum absolute atomic E-state index is 0.149. The molecule has 0 aliphatic carbocycles. The summed E-state index contributed by atoms with van der Waals surface area (Å²) in [5.74, 6) is 2.92. The number of methoxy groups -OCH3 is 2. The number of alkyl halides is 1. The molecule has 1 N–H and O–H groups in total. The molecule has 3 rings (SSSR count). The van der Waals surface area contributed by atoms with Crippen LogP contribution >= 0.6 is 0 Å². The van der Waals surface area contributed by atoms with E-state index in [2.05, 4.69) is 36.2 Å². The Bertz CT molecular complexity index is 703. The second-order valence-corrected chi connectivity index (χ2v) is 9.27. The fraction of sp³-hybridized carbons (Fsp3) is 0.760. The average Bonchev–Trinajstić information content (AvgIpc) is 2.79. The van der Waals surface area contributed by atoms with Crippen molar-refractivity contribution < 1.29 is 23.3 Å². The van der Waals surface area contributed by atoms with Gasteiger partial charge < -0.3 is 24.3 Å². The summed E-state index contributed by atoms with van der Waals surface area (Å²) < 4.78 is 34.0. The van der Waals surface area contributed by atoms with Crippen LogP contribution in [0.3, 0.4) is 0 Å². The lowest BCUT2D eigenvalue weighted by molar-refractivity contribution is 0.0358. The van der Waals surface area contributed by atoms with Gasteiger partial charge in [0.2, 0.25) is 0 Å². The van der Waals surface area contributed by atoms with Crippen LogP contribution in [0.5, 0.6) is 11.5 Å². The summed E-state index contributed by atoms with van der Waals surface area (Å²) in [7, 11) is 3.41. The highest BCUT2D eigenvalue weighted by Gasteiger charge is 2.39. The quantitative estimate of drug-likeness (QED) is 0.462. The van der Waals surface area contributed by atoms with E-state index in [1.807, 2.05) is 0 Å². The lowest BCUT2D eigenvalue weighted by Gasteiger charge is -2.48. The number of benzene rings is 1. The summed E-state index contributed by atoms with van der Waals surface area (Å²) in [5.41, 5.74) is 2.76. The van der Waals surface area contributed by atoms with Crippen molar-refractivity contribution in [3.8, 4) is 11.5 Å². The summed E-state index contributed by atoms with van der Waals surface area (Å²) >= 11 is 0. The third-order valence-corrected chi connectivity index (χ3v) is 6.65. The third-order valence-electron chi connectivity index (χ3n) is 6.65. The summed E-state index contributed by atoms with van der Waals surface area (Å²) in [6, 6.07) is 5.19. The molecule has 1 saturated heterocycles. The smallest absolute Gasteiger partial charge is 0.161 e. The first kappa shape index (κ1) is 25.2. The molecule has 182 valence electrons. The zero-order valence-corrected chi connectivity index (χ0v) is 20.2. The number of piperidine rings is 1. The van der Waals surface area contributed by atoms with E-state index in [9.17, 15) is 4.39 Å². The SMILES string of the molecule is COc1cc2c(cc1OC)C1CC(NCCOCCOCCF)C(CC(C)C)CN1CC2. The first-order valence-corrected chi connectivity index (χ1v) is 12.0. The van der Waals surface area contributed by atoms with Crippen LogP contribution in [0.4, 0.5) is 4.39 Å². The molecule has 2 aliphatic heterocycles. The predicted molar refractivity (Wildman–Crippen MR) is 125 cm³/mol. The maximum Gasteiger partial charge on any atom is 0.161 e. The fourth-order valence-electron chi connectivity index (χ4n) is 5.22. The Morgan fingerprint density at radius 2 is 1.78 bits per heavy atom. The number of rotatable bonds is 13. The average molecular weight is 453 g/mol. The molecule has 6 nitrogen and oxygen atoms in total. The van der Waals surface area contributed by atoms with Gasteiger partial charge in [0, 0.05) is 31.7 Å². The lowest BCUT2D eigenvalue weighted by atomic mass is 9.77. The molecule has 2 aliphatic rings. The molecule has 3 atom stereocenters. The number of hydrogen-bond donors (Lipinski definition) is 1. The van der Waals surface area contributed by atoms with E-state index in [1.54, 1.807) is 14.2 Å². The van der Waals surface area contributed by atoms with Gasteiger partial charge in [-0.25, -0.2) is 4.39 Å². The van der Waals surface area contributed by atoms with Gasteiger partial charge in [0.25, 0.3) is 0 Å². The summed E-state index contributed by atoms with van der Waals surface area (Å²) in [5, 5.41) is 3.79. The molecule has 1 aromatic carbocycles. The molecular formula is C25H41FN2O4. The second kappa shape index (κ2) is 12.7. The molecule has 0 aromatic heterocycles. The molecule has 0 saturated carbocycles. The Morgan fingerprint density at radius 1 is 1.06 bits per heavy atom. The van der Waals surface area contributed by atoms with Crippen molar-refractivity contribution in [1.29, 1.82) is 0 Å². The van der Waals surface area contributed by atoms with Gasteiger partial charge in [-0.3, -0.25) is 4.90 Å². The van der Waals surface area contributed by atoms with Gasteiger partial charge in [0.05, 0.1) is 40.6 Å². The molecule has 0 radical (unpaired) electrons. The molecule has 7 heteroatoms. The van der Waals surface area contributed by atoms with Crippen LogP contribution in [0.25, 0.3) is 0 Å².